The Morgan fingerprint density at radius 2 is 2.00 bits per heavy atom. The van der Waals surface area contributed by atoms with E-state index in [0.29, 0.717) is 24.9 Å². The highest BCUT2D eigenvalue weighted by atomic mass is 19.1. The van der Waals surface area contributed by atoms with Gasteiger partial charge >= 0.3 is 0 Å². The summed E-state index contributed by atoms with van der Waals surface area (Å²) in [5.74, 6) is 0.172. The molecule has 0 bridgehead atoms. The molecule has 2 atom stereocenters. The number of aliphatic imine (C=N–C) groups is 1. The third-order valence-corrected chi connectivity index (χ3v) is 5.16. The topological polar surface area (TPSA) is 54.9 Å². The van der Waals surface area contributed by atoms with Crippen LogP contribution in [0, 0.1) is 17.6 Å². The molecule has 2 N–H and O–H groups in total. The van der Waals surface area contributed by atoms with Crippen LogP contribution in [0.4, 0.5) is 8.78 Å². The fourth-order valence-electron chi connectivity index (χ4n) is 3.45. The molecule has 150 valence electrons. The van der Waals surface area contributed by atoms with Crippen molar-refractivity contribution in [3.05, 3.63) is 35.4 Å². The lowest BCUT2D eigenvalue weighted by Crippen LogP contribution is -2.39. The molecule has 1 aromatic rings. The Balaban J connectivity index is 1.31. The van der Waals surface area contributed by atoms with Crippen molar-refractivity contribution in [2.45, 2.75) is 37.6 Å². The van der Waals surface area contributed by atoms with Crippen LogP contribution in [0.5, 0.6) is 0 Å². The predicted octanol–water partition coefficient (Wildman–Crippen LogP) is 2.82. The van der Waals surface area contributed by atoms with Crippen LogP contribution < -0.4 is 10.6 Å². The second-order valence-corrected chi connectivity index (χ2v) is 7.21. The quantitative estimate of drug-likeness (QED) is 0.413. The highest BCUT2D eigenvalue weighted by Crippen LogP contribution is 2.42. The average molecular weight is 381 g/mol. The molecule has 3 rings (SSSR count). The fourth-order valence-corrected chi connectivity index (χ4v) is 3.45. The molecule has 5 nitrogen and oxygen atoms in total. The van der Waals surface area contributed by atoms with Crippen molar-refractivity contribution in [1.82, 2.24) is 10.6 Å². The van der Waals surface area contributed by atoms with Gasteiger partial charge in [0, 0.05) is 57.5 Å². The third kappa shape index (κ3) is 5.87. The zero-order chi connectivity index (χ0) is 19.1. The van der Waals surface area contributed by atoms with E-state index < -0.39 is 11.6 Å². The summed E-state index contributed by atoms with van der Waals surface area (Å²) in [6, 6.07) is 4.01. The van der Waals surface area contributed by atoms with Gasteiger partial charge in [-0.1, -0.05) is 6.07 Å². The van der Waals surface area contributed by atoms with Crippen LogP contribution >= 0.6 is 0 Å². The van der Waals surface area contributed by atoms with Gasteiger partial charge in [0.2, 0.25) is 0 Å². The summed E-state index contributed by atoms with van der Waals surface area (Å²) < 4.78 is 38.8. The van der Waals surface area contributed by atoms with Crippen LogP contribution in [0.3, 0.4) is 0 Å². The minimum absolute atomic E-state index is 0.00682. The van der Waals surface area contributed by atoms with E-state index in [1.807, 2.05) is 0 Å². The Hall–Kier alpha value is -1.73. The molecule has 27 heavy (non-hydrogen) atoms. The van der Waals surface area contributed by atoms with E-state index >= 15 is 0 Å². The monoisotopic (exact) mass is 381 g/mol. The number of hydrogen-bond donors (Lipinski definition) is 2. The van der Waals surface area contributed by atoms with Crippen molar-refractivity contribution in [2.24, 2.45) is 10.9 Å². The van der Waals surface area contributed by atoms with Gasteiger partial charge < -0.3 is 20.1 Å². The number of hydrogen-bond acceptors (Lipinski definition) is 3. The predicted molar refractivity (Wildman–Crippen MR) is 101 cm³/mol. The Kier molecular flexibility index (Phi) is 7.41. The van der Waals surface area contributed by atoms with Gasteiger partial charge in [-0.2, -0.15) is 0 Å². The number of ether oxygens (including phenoxy) is 2. The van der Waals surface area contributed by atoms with Gasteiger partial charge in [0.25, 0.3) is 0 Å². The minimum Gasteiger partial charge on any atom is -0.381 e. The zero-order valence-corrected chi connectivity index (χ0v) is 15.8. The minimum atomic E-state index is -0.478. The van der Waals surface area contributed by atoms with E-state index in [9.17, 15) is 8.78 Å². The lowest BCUT2D eigenvalue weighted by molar-refractivity contribution is 0.0203. The average Bonchev–Trinajstić information content (AvgIpc) is 3.42. The van der Waals surface area contributed by atoms with Crippen molar-refractivity contribution in [1.29, 1.82) is 0 Å². The molecular weight excluding hydrogens is 352 g/mol. The highest BCUT2D eigenvalue weighted by Gasteiger charge is 2.42. The van der Waals surface area contributed by atoms with Crippen LogP contribution in [0.2, 0.25) is 0 Å². The van der Waals surface area contributed by atoms with Crippen molar-refractivity contribution < 1.29 is 18.3 Å². The lowest BCUT2D eigenvalue weighted by atomic mass is 10.0. The zero-order valence-electron chi connectivity index (χ0n) is 15.8. The van der Waals surface area contributed by atoms with Gasteiger partial charge in [0.15, 0.2) is 5.96 Å². The van der Waals surface area contributed by atoms with Gasteiger partial charge in [-0.05, 0) is 43.7 Å². The van der Waals surface area contributed by atoms with E-state index in [4.69, 9.17) is 9.47 Å². The molecule has 7 heteroatoms. The number of guanidine groups is 1. The van der Waals surface area contributed by atoms with Gasteiger partial charge in [-0.3, -0.25) is 4.99 Å². The van der Waals surface area contributed by atoms with E-state index in [-0.39, 0.29) is 17.5 Å². The van der Waals surface area contributed by atoms with Gasteiger partial charge in [-0.25, -0.2) is 8.78 Å². The smallest absolute Gasteiger partial charge is 0.191 e. The summed E-state index contributed by atoms with van der Waals surface area (Å²) in [5.41, 5.74) is 0.173. The maximum absolute atomic E-state index is 13.9. The summed E-state index contributed by atoms with van der Waals surface area (Å²) in [5, 5.41) is 6.47. The Labute approximate surface area is 159 Å². The molecular formula is C20H29F2N3O2. The van der Waals surface area contributed by atoms with Crippen LogP contribution in [0.25, 0.3) is 0 Å². The number of nitrogens with one attached hydrogen (secondary N) is 2. The van der Waals surface area contributed by atoms with E-state index in [1.54, 1.807) is 7.05 Å². The van der Waals surface area contributed by atoms with Crippen molar-refractivity contribution >= 4 is 5.96 Å². The first kappa shape index (κ1) is 20.0. The summed E-state index contributed by atoms with van der Waals surface area (Å²) in [4.78, 5) is 4.18. The molecule has 2 unspecified atom stereocenters. The Morgan fingerprint density at radius 3 is 2.70 bits per heavy atom. The first-order valence-electron chi connectivity index (χ1n) is 9.75. The van der Waals surface area contributed by atoms with Crippen molar-refractivity contribution in [3.8, 4) is 0 Å². The molecule has 1 saturated heterocycles. The molecule has 1 aliphatic heterocycles. The first-order chi connectivity index (χ1) is 13.2. The second kappa shape index (κ2) is 9.99. The molecule has 2 fully saturated rings. The molecule has 0 amide bonds. The van der Waals surface area contributed by atoms with Crippen LogP contribution in [-0.2, 0) is 9.47 Å². The van der Waals surface area contributed by atoms with Gasteiger partial charge in [-0.15, -0.1) is 0 Å². The first-order valence-corrected chi connectivity index (χ1v) is 9.75. The van der Waals surface area contributed by atoms with Gasteiger partial charge in [0.05, 0.1) is 0 Å². The lowest BCUT2D eigenvalue weighted by Gasteiger charge is -2.21. The number of nitrogens with zero attached hydrogens (tertiary/aromatic N) is 1. The Morgan fingerprint density at radius 1 is 1.26 bits per heavy atom. The highest BCUT2D eigenvalue weighted by molar-refractivity contribution is 5.80. The van der Waals surface area contributed by atoms with Crippen LogP contribution in [-0.4, -0.2) is 52.0 Å². The number of rotatable bonds is 8. The number of halogens is 2. The summed E-state index contributed by atoms with van der Waals surface area (Å²) in [6.45, 7) is 3.92. The molecule has 0 radical (unpaired) electrons. The summed E-state index contributed by atoms with van der Waals surface area (Å²) >= 11 is 0. The summed E-state index contributed by atoms with van der Waals surface area (Å²) in [7, 11) is 1.69. The number of benzene rings is 1. The Bertz CT molecular complexity index is 615. The van der Waals surface area contributed by atoms with Gasteiger partial charge in [0.1, 0.15) is 11.6 Å². The maximum atomic E-state index is 13.9. The van der Waals surface area contributed by atoms with E-state index in [2.05, 4.69) is 15.6 Å². The van der Waals surface area contributed by atoms with Crippen molar-refractivity contribution in [3.63, 3.8) is 0 Å². The molecule has 1 saturated carbocycles. The third-order valence-electron chi connectivity index (χ3n) is 5.16. The SMILES string of the molecule is CN=C(NCCCOCC1CCOCC1)NC1CC1c1c(F)cccc1F. The van der Waals surface area contributed by atoms with E-state index in [1.165, 1.54) is 18.2 Å². The molecule has 1 heterocycles. The standard InChI is InChI=1S/C20H29F2N3O2/c1-23-20(24-8-3-9-27-13-14-6-10-26-11-7-14)25-18-12-15(18)19-16(21)4-2-5-17(19)22/h2,4-5,14-15,18H,3,6-13H2,1H3,(H2,23,24,25). The van der Waals surface area contributed by atoms with Crippen LogP contribution in [0.15, 0.2) is 23.2 Å². The maximum Gasteiger partial charge on any atom is 0.191 e. The van der Waals surface area contributed by atoms with Crippen LogP contribution in [0.1, 0.15) is 37.2 Å². The fraction of sp³-hybridized carbons (Fsp3) is 0.650. The summed E-state index contributed by atoms with van der Waals surface area (Å²) in [6.07, 6.45) is 3.74. The largest absolute Gasteiger partial charge is 0.381 e. The molecule has 0 spiro atoms. The molecule has 0 aromatic heterocycles. The normalized spacial score (nSPS) is 23.3. The second-order valence-electron chi connectivity index (χ2n) is 7.21. The van der Waals surface area contributed by atoms with Crippen molar-refractivity contribution in [2.75, 3.05) is 40.0 Å². The molecule has 1 aromatic carbocycles. The molecule has 1 aliphatic carbocycles. The van der Waals surface area contributed by atoms with E-state index in [0.717, 1.165) is 45.6 Å². The molecule has 2 aliphatic rings.